The average Bonchev–Trinajstić information content (AvgIpc) is 2.83. The largest absolute Gasteiger partial charge is 0.444 e. The molecule has 1 aliphatic rings. The Morgan fingerprint density at radius 3 is 2.38 bits per heavy atom. The van der Waals surface area contributed by atoms with Crippen LogP contribution in [0, 0.1) is 0 Å². The lowest BCUT2D eigenvalue weighted by atomic mass is 9.97. The van der Waals surface area contributed by atoms with Gasteiger partial charge in [-0.15, -0.1) is 12.6 Å². The third-order valence-electron chi connectivity index (χ3n) is 3.49. The predicted molar refractivity (Wildman–Crippen MR) is 84.5 cm³/mol. The van der Waals surface area contributed by atoms with Crippen LogP contribution in [0.15, 0.2) is 30.3 Å². The van der Waals surface area contributed by atoms with Crippen molar-refractivity contribution in [3.8, 4) is 0 Å². The van der Waals surface area contributed by atoms with Crippen LogP contribution in [0.3, 0.4) is 0 Å². The minimum absolute atomic E-state index is 0.139. The molecular weight excluding hydrogens is 286 g/mol. The Bertz CT molecular complexity index is 524. The van der Waals surface area contributed by atoms with Crippen molar-refractivity contribution >= 4 is 23.8 Å². The van der Waals surface area contributed by atoms with E-state index < -0.39 is 17.7 Å². The molecule has 1 aliphatic heterocycles. The van der Waals surface area contributed by atoms with Crippen molar-refractivity contribution in [2.75, 3.05) is 6.54 Å². The molecule has 1 amide bonds. The molecule has 1 saturated heterocycles. The van der Waals surface area contributed by atoms with Gasteiger partial charge in [0.1, 0.15) is 11.6 Å². The number of hydrogen-bond acceptors (Lipinski definition) is 3. The summed E-state index contributed by atoms with van der Waals surface area (Å²) >= 11 is 3.92. The molecule has 114 valence electrons. The average molecular weight is 307 g/mol. The number of rotatable bonds is 2. The van der Waals surface area contributed by atoms with Gasteiger partial charge in [0.05, 0.1) is 0 Å². The molecule has 1 unspecified atom stereocenters. The van der Waals surface area contributed by atoms with Crippen LogP contribution in [-0.4, -0.2) is 34.3 Å². The summed E-state index contributed by atoms with van der Waals surface area (Å²) in [6, 6.07) is 9.39. The molecule has 0 saturated carbocycles. The molecule has 2 atom stereocenters. The zero-order valence-corrected chi connectivity index (χ0v) is 13.5. The van der Waals surface area contributed by atoms with E-state index in [0.717, 1.165) is 5.56 Å². The van der Waals surface area contributed by atoms with Gasteiger partial charge in [0.15, 0.2) is 0 Å². The zero-order chi connectivity index (χ0) is 15.6. The van der Waals surface area contributed by atoms with Crippen molar-refractivity contribution in [3.63, 3.8) is 0 Å². The van der Waals surface area contributed by atoms with Crippen LogP contribution in [0.5, 0.6) is 0 Å². The zero-order valence-electron chi connectivity index (χ0n) is 12.6. The normalized spacial score (nSPS) is 22.2. The Labute approximate surface area is 130 Å². The van der Waals surface area contributed by atoms with Gasteiger partial charge in [-0.05, 0) is 32.8 Å². The molecule has 21 heavy (non-hydrogen) atoms. The van der Waals surface area contributed by atoms with E-state index in [1.54, 1.807) is 0 Å². The monoisotopic (exact) mass is 307 g/mol. The van der Waals surface area contributed by atoms with E-state index >= 15 is 0 Å². The van der Waals surface area contributed by atoms with Crippen molar-refractivity contribution < 1.29 is 14.3 Å². The lowest BCUT2D eigenvalue weighted by molar-refractivity contribution is -0.114. The first-order valence-corrected chi connectivity index (χ1v) is 7.50. The molecule has 0 bridgehead atoms. The summed E-state index contributed by atoms with van der Waals surface area (Å²) in [5.41, 5.74) is 0.551. The van der Waals surface area contributed by atoms with Gasteiger partial charge in [-0.2, -0.15) is 0 Å². The molecule has 4 nitrogen and oxygen atoms in total. The maximum Gasteiger partial charge on any atom is 0.410 e. The summed E-state index contributed by atoms with van der Waals surface area (Å²) in [5, 5.41) is -0.292. The van der Waals surface area contributed by atoms with Crippen molar-refractivity contribution in [1.82, 2.24) is 4.90 Å². The summed E-state index contributed by atoms with van der Waals surface area (Å²) in [7, 11) is 0. The Morgan fingerprint density at radius 2 is 1.86 bits per heavy atom. The molecule has 0 aromatic heterocycles. The predicted octanol–water partition coefficient (Wildman–Crippen LogP) is 3.24. The van der Waals surface area contributed by atoms with Crippen molar-refractivity contribution in [3.05, 3.63) is 35.9 Å². The second-order valence-corrected chi connectivity index (χ2v) is 6.77. The first-order chi connectivity index (χ1) is 9.78. The highest BCUT2D eigenvalue weighted by molar-refractivity contribution is 7.96. The number of thiol groups is 1. The van der Waals surface area contributed by atoms with Crippen LogP contribution in [0.25, 0.3) is 0 Å². The number of hydrogen-bond donors (Lipinski definition) is 1. The standard InChI is InChI=1S/C16H21NO3S/c1-16(2,3)20-15(19)17-10-12(9-13(17)14(18)21)11-7-5-4-6-8-11/h4-8,12-13H,9-10H2,1-3H3,(H,18,21)/t12?,13-/m0/s1. The van der Waals surface area contributed by atoms with Gasteiger partial charge in [0.25, 0.3) is 0 Å². The fourth-order valence-electron chi connectivity index (χ4n) is 2.56. The number of likely N-dealkylation sites (tertiary alicyclic amines) is 1. The Hall–Kier alpha value is -1.49. The minimum atomic E-state index is -0.577. The molecule has 1 fully saturated rings. The van der Waals surface area contributed by atoms with E-state index in [0.29, 0.717) is 13.0 Å². The smallest absolute Gasteiger partial charge is 0.410 e. The van der Waals surface area contributed by atoms with Crippen LogP contribution < -0.4 is 0 Å². The van der Waals surface area contributed by atoms with Crippen LogP contribution in [0.2, 0.25) is 0 Å². The maximum atomic E-state index is 12.3. The lowest BCUT2D eigenvalue weighted by Crippen LogP contribution is -2.42. The lowest BCUT2D eigenvalue weighted by Gasteiger charge is -2.27. The fourth-order valence-corrected chi connectivity index (χ4v) is 2.80. The highest BCUT2D eigenvalue weighted by Gasteiger charge is 2.40. The number of carbonyl (C=O) groups is 2. The minimum Gasteiger partial charge on any atom is -0.444 e. The second kappa shape index (κ2) is 6.10. The molecule has 1 heterocycles. The molecular formula is C16H21NO3S. The van der Waals surface area contributed by atoms with E-state index in [4.69, 9.17) is 4.74 Å². The maximum absolute atomic E-state index is 12.3. The van der Waals surface area contributed by atoms with Crippen molar-refractivity contribution in [2.24, 2.45) is 0 Å². The summed E-state index contributed by atoms with van der Waals surface area (Å²) in [6.07, 6.45) is 0.138. The van der Waals surface area contributed by atoms with Gasteiger partial charge in [0, 0.05) is 12.5 Å². The molecule has 2 rings (SSSR count). The highest BCUT2D eigenvalue weighted by Crippen LogP contribution is 2.33. The molecule has 1 aromatic carbocycles. The van der Waals surface area contributed by atoms with Crippen molar-refractivity contribution in [1.29, 1.82) is 0 Å². The summed E-state index contributed by atoms with van der Waals surface area (Å²) in [4.78, 5) is 25.5. The topological polar surface area (TPSA) is 46.6 Å². The van der Waals surface area contributed by atoms with E-state index in [2.05, 4.69) is 12.6 Å². The first kappa shape index (κ1) is 15.9. The van der Waals surface area contributed by atoms with E-state index in [-0.39, 0.29) is 11.0 Å². The molecule has 0 radical (unpaired) electrons. The van der Waals surface area contributed by atoms with Crippen LogP contribution in [0.4, 0.5) is 4.79 Å². The van der Waals surface area contributed by atoms with E-state index in [9.17, 15) is 9.59 Å². The van der Waals surface area contributed by atoms with Gasteiger partial charge in [-0.25, -0.2) is 4.79 Å². The Balaban J connectivity index is 2.16. The number of nitrogens with zero attached hydrogens (tertiary/aromatic N) is 1. The van der Waals surface area contributed by atoms with Crippen LogP contribution in [0.1, 0.15) is 38.7 Å². The number of ether oxygens (including phenoxy) is 1. The summed E-state index contributed by atoms with van der Waals surface area (Å²) in [6.45, 7) is 5.92. The quantitative estimate of drug-likeness (QED) is 0.853. The number of amides is 1. The third kappa shape index (κ3) is 4.00. The van der Waals surface area contributed by atoms with E-state index in [1.165, 1.54) is 4.90 Å². The molecule has 5 heteroatoms. The van der Waals surface area contributed by atoms with Gasteiger partial charge >= 0.3 is 6.09 Å². The fraction of sp³-hybridized carbons (Fsp3) is 0.500. The SMILES string of the molecule is CC(C)(C)OC(=O)N1CC(c2ccccc2)C[C@H]1C(=O)S. The van der Waals surface area contributed by atoms with Crippen LogP contribution >= 0.6 is 12.6 Å². The third-order valence-corrected chi connectivity index (χ3v) is 3.78. The number of benzene rings is 1. The van der Waals surface area contributed by atoms with Gasteiger partial charge in [-0.1, -0.05) is 30.3 Å². The summed E-state index contributed by atoms with van der Waals surface area (Å²) in [5.74, 6) is 0.139. The summed E-state index contributed by atoms with van der Waals surface area (Å²) < 4.78 is 5.39. The van der Waals surface area contributed by atoms with Gasteiger partial charge < -0.3 is 4.74 Å². The second-order valence-electron chi connectivity index (χ2n) is 6.33. The molecule has 0 N–H and O–H groups in total. The van der Waals surface area contributed by atoms with Gasteiger partial charge in [0.2, 0.25) is 5.12 Å². The van der Waals surface area contributed by atoms with Crippen LogP contribution in [-0.2, 0) is 9.53 Å². The van der Waals surface area contributed by atoms with Crippen molar-refractivity contribution in [2.45, 2.75) is 44.8 Å². The highest BCUT2D eigenvalue weighted by atomic mass is 32.1. The molecule has 1 aromatic rings. The molecule has 0 aliphatic carbocycles. The molecule has 0 spiro atoms. The number of carbonyl (C=O) groups excluding carboxylic acids is 2. The Morgan fingerprint density at radius 1 is 1.24 bits per heavy atom. The first-order valence-electron chi connectivity index (χ1n) is 7.05. The van der Waals surface area contributed by atoms with Gasteiger partial charge in [-0.3, -0.25) is 9.69 Å². The Kier molecular flexibility index (Phi) is 4.61. The van der Waals surface area contributed by atoms with E-state index in [1.807, 2.05) is 51.1 Å².